The second-order valence-electron chi connectivity index (χ2n) is 1.50. The van der Waals surface area contributed by atoms with E-state index in [1.165, 1.54) is 11.3 Å². The van der Waals surface area contributed by atoms with Crippen molar-refractivity contribution in [3.05, 3.63) is 10.0 Å². The molecule has 0 aliphatic heterocycles. The number of hydrogen-bond donors (Lipinski definition) is 1. The summed E-state index contributed by atoms with van der Waals surface area (Å²) < 4.78 is 0.437. The van der Waals surface area contributed by atoms with Gasteiger partial charge in [-0.2, -0.15) is 5.26 Å². The Bertz CT molecular complexity index is 278. The van der Waals surface area contributed by atoms with Gasteiger partial charge in [-0.3, -0.25) is 0 Å². The van der Waals surface area contributed by atoms with Crippen LogP contribution in [0.2, 0.25) is 4.34 Å². The minimum Gasteiger partial charge on any atom is -0.365 e. The Kier molecular flexibility index (Phi) is 4.19. The smallest absolute Gasteiger partial charge is 0.185 e. The van der Waals surface area contributed by atoms with Crippen molar-refractivity contribution < 1.29 is 0 Å². The van der Waals surface area contributed by atoms with E-state index in [-0.39, 0.29) is 18.1 Å². The molecule has 0 aliphatic carbocycles. The lowest BCUT2D eigenvalue weighted by molar-refractivity contribution is 1.31. The molecular weight excluding hydrogens is 205 g/mol. The molecule has 3 nitrogen and oxygen atoms in total. The lowest BCUT2D eigenvalue weighted by atomic mass is 10.6. The first kappa shape index (κ1) is 10.5. The third kappa shape index (κ3) is 2.22. The van der Waals surface area contributed by atoms with Crippen LogP contribution < -0.4 is 5.32 Å². The molecule has 0 aromatic carbocycles. The highest BCUT2D eigenvalue weighted by Gasteiger charge is 2.05. The summed E-state index contributed by atoms with van der Waals surface area (Å²) in [6.45, 7) is 0. The SMILES string of the molecule is CNc1nc(C#N)c(Cl)s1.Cl. The van der Waals surface area contributed by atoms with E-state index in [4.69, 9.17) is 16.9 Å². The Labute approximate surface area is 79.4 Å². The van der Waals surface area contributed by atoms with Crippen LogP contribution in [-0.2, 0) is 0 Å². The molecule has 0 saturated heterocycles. The van der Waals surface area contributed by atoms with Crippen LogP contribution in [0, 0.1) is 11.3 Å². The van der Waals surface area contributed by atoms with E-state index in [0.29, 0.717) is 9.47 Å². The van der Waals surface area contributed by atoms with Gasteiger partial charge in [0.05, 0.1) is 0 Å². The molecule has 0 bridgehead atoms. The van der Waals surface area contributed by atoms with E-state index in [1.54, 1.807) is 7.05 Å². The number of nitriles is 1. The number of anilines is 1. The number of thiazole rings is 1. The van der Waals surface area contributed by atoms with Gasteiger partial charge >= 0.3 is 0 Å². The zero-order chi connectivity index (χ0) is 7.56. The van der Waals surface area contributed by atoms with Crippen molar-refractivity contribution in [3.63, 3.8) is 0 Å². The normalized spacial score (nSPS) is 8.09. The van der Waals surface area contributed by atoms with E-state index in [2.05, 4.69) is 10.3 Å². The molecular formula is C5H5Cl2N3S. The molecule has 1 rings (SSSR count). The van der Waals surface area contributed by atoms with E-state index in [9.17, 15) is 0 Å². The average molecular weight is 210 g/mol. The largest absolute Gasteiger partial charge is 0.365 e. The molecule has 0 radical (unpaired) electrons. The second kappa shape index (κ2) is 4.39. The van der Waals surface area contributed by atoms with Crippen LogP contribution in [0.3, 0.4) is 0 Å². The fourth-order valence-corrected chi connectivity index (χ4v) is 1.38. The predicted molar refractivity (Wildman–Crippen MR) is 48.6 cm³/mol. The minimum absolute atomic E-state index is 0. The maximum absolute atomic E-state index is 8.41. The van der Waals surface area contributed by atoms with Crippen molar-refractivity contribution in [1.82, 2.24) is 4.98 Å². The molecule has 1 N–H and O–H groups in total. The molecule has 11 heavy (non-hydrogen) atoms. The number of halogens is 2. The summed E-state index contributed by atoms with van der Waals surface area (Å²) in [6, 6.07) is 1.88. The van der Waals surface area contributed by atoms with Crippen LogP contribution in [0.5, 0.6) is 0 Å². The predicted octanol–water partition coefficient (Wildman–Crippen LogP) is 2.13. The van der Waals surface area contributed by atoms with Crippen molar-refractivity contribution >= 4 is 40.5 Å². The lowest BCUT2D eigenvalue weighted by Crippen LogP contribution is -1.85. The second-order valence-corrected chi connectivity index (χ2v) is 3.10. The number of aromatic nitrogens is 1. The van der Waals surface area contributed by atoms with Gasteiger partial charge in [0.2, 0.25) is 0 Å². The van der Waals surface area contributed by atoms with E-state index < -0.39 is 0 Å². The number of hydrogen-bond acceptors (Lipinski definition) is 4. The topological polar surface area (TPSA) is 48.7 Å². The van der Waals surface area contributed by atoms with E-state index >= 15 is 0 Å². The Morgan fingerprint density at radius 1 is 1.73 bits per heavy atom. The summed E-state index contributed by atoms with van der Waals surface area (Å²) in [5.41, 5.74) is 0.288. The van der Waals surface area contributed by atoms with Gasteiger partial charge < -0.3 is 5.32 Å². The molecule has 0 amide bonds. The van der Waals surface area contributed by atoms with Gasteiger partial charge in [0.1, 0.15) is 10.4 Å². The number of nitrogens with one attached hydrogen (secondary N) is 1. The first-order chi connectivity index (χ1) is 4.77. The lowest BCUT2D eigenvalue weighted by Gasteiger charge is -1.84. The fourth-order valence-electron chi connectivity index (χ4n) is 0.477. The average Bonchev–Trinajstić information content (AvgIpc) is 2.30. The number of rotatable bonds is 1. The quantitative estimate of drug-likeness (QED) is 0.772. The van der Waals surface area contributed by atoms with Crippen LogP contribution in [0.1, 0.15) is 5.69 Å². The molecule has 0 fully saturated rings. The molecule has 0 saturated carbocycles. The third-order valence-electron chi connectivity index (χ3n) is 0.906. The highest BCUT2D eigenvalue weighted by molar-refractivity contribution is 7.19. The monoisotopic (exact) mass is 209 g/mol. The summed E-state index contributed by atoms with van der Waals surface area (Å²) >= 11 is 6.88. The van der Waals surface area contributed by atoms with Gasteiger partial charge in [-0.05, 0) is 0 Å². The van der Waals surface area contributed by atoms with Gasteiger partial charge in [-0.1, -0.05) is 22.9 Å². The third-order valence-corrected chi connectivity index (χ3v) is 2.18. The molecule has 0 aliphatic rings. The highest BCUT2D eigenvalue weighted by Crippen LogP contribution is 2.26. The minimum atomic E-state index is 0. The molecule has 1 aromatic rings. The Hall–Kier alpha value is -0.500. The van der Waals surface area contributed by atoms with Crippen LogP contribution in [-0.4, -0.2) is 12.0 Å². The Morgan fingerprint density at radius 3 is 2.64 bits per heavy atom. The van der Waals surface area contributed by atoms with Gasteiger partial charge in [0.15, 0.2) is 10.8 Å². The van der Waals surface area contributed by atoms with Crippen LogP contribution in [0.25, 0.3) is 0 Å². The summed E-state index contributed by atoms with van der Waals surface area (Å²) in [6.07, 6.45) is 0. The van der Waals surface area contributed by atoms with E-state index in [0.717, 1.165) is 0 Å². The standard InChI is InChI=1S/C5H4ClN3S.ClH/c1-8-5-9-3(2-7)4(6)10-5;/h1H3,(H,8,9);1H. The van der Waals surface area contributed by atoms with Crippen molar-refractivity contribution in [2.75, 3.05) is 12.4 Å². The fraction of sp³-hybridized carbons (Fsp3) is 0.200. The zero-order valence-corrected chi connectivity index (χ0v) is 7.98. The van der Waals surface area contributed by atoms with Gasteiger partial charge in [0, 0.05) is 7.05 Å². The van der Waals surface area contributed by atoms with Crippen molar-refractivity contribution in [2.45, 2.75) is 0 Å². The van der Waals surface area contributed by atoms with Crippen LogP contribution in [0.4, 0.5) is 5.13 Å². The van der Waals surface area contributed by atoms with Crippen LogP contribution >= 0.6 is 35.3 Å². The van der Waals surface area contributed by atoms with Gasteiger partial charge in [-0.25, -0.2) is 4.98 Å². The van der Waals surface area contributed by atoms with E-state index in [1.807, 2.05) is 6.07 Å². The van der Waals surface area contributed by atoms with Crippen molar-refractivity contribution in [3.8, 4) is 6.07 Å². The summed E-state index contributed by atoms with van der Waals surface area (Å²) in [5.74, 6) is 0. The first-order valence-electron chi connectivity index (χ1n) is 2.52. The Morgan fingerprint density at radius 2 is 2.36 bits per heavy atom. The maximum Gasteiger partial charge on any atom is 0.185 e. The van der Waals surface area contributed by atoms with Gasteiger partial charge in [0.25, 0.3) is 0 Å². The van der Waals surface area contributed by atoms with Crippen molar-refractivity contribution in [1.29, 1.82) is 5.26 Å². The summed E-state index contributed by atoms with van der Waals surface area (Å²) in [4.78, 5) is 3.86. The summed E-state index contributed by atoms with van der Waals surface area (Å²) in [5, 5.41) is 11.9. The first-order valence-corrected chi connectivity index (χ1v) is 3.71. The molecule has 60 valence electrons. The van der Waals surface area contributed by atoms with Crippen LogP contribution in [0.15, 0.2) is 0 Å². The number of nitrogens with zero attached hydrogens (tertiary/aromatic N) is 2. The molecule has 1 aromatic heterocycles. The maximum atomic E-state index is 8.41. The Balaban J connectivity index is 0.000001000. The molecule has 6 heteroatoms. The molecule has 0 atom stereocenters. The molecule has 1 heterocycles. The molecule has 0 spiro atoms. The summed E-state index contributed by atoms with van der Waals surface area (Å²) in [7, 11) is 1.73. The van der Waals surface area contributed by atoms with Crippen molar-refractivity contribution in [2.24, 2.45) is 0 Å². The zero-order valence-electron chi connectivity index (χ0n) is 5.59. The van der Waals surface area contributed by atoms with Gasteiger partial charge in [-0.15, -0.1) is 12.4 Å². The molecule has 0 unspecified atom stereocenters. The highest BCUT2D eigenvalue weighted by atomic mass is 35.5.